The van der Waals surface area contributed by atoms with Gasteiger partial charge in [0.1, 0.15) is 12.4 Å². The molecule has 3 rings (SSSR count). The van der Waals surface area contributed by atoms with Crippen LogP contribution in [0.25, 0.3) is 0 Å². The minimum Gasteiger partial charge on any atom is -0.491 e. The Labute approximate surface area is 211 Å². The third-order valence-corrected chi connectivity index (χ3v) is 6.24. The maximum atomic E-state index is 14.5. The smallest absolute Gasteiger partial charge is 0.230 e. The van der Waals surface area contributed by atoms with Gasteiger partial charge in [-0.3, -0.25) is 4.79 Å². The molecule has 3 N–H and O–H groups in total. The Kier molecular flexibility index (Phi) is 8.47. The lowest BCUT2D eigenvalue weighted by Crippen LogP contribution is -2.41. The van der Waals surface area contributed by atoms with Crippen molar-refractivity contribution in [3.05, 3.63) is 60.5 Å². The Morgan fingerprint density at radius 1 is 0.944 bits per heavy atom. The van der Waals surface area contributed by atoms with Gasteiger partial charge in [0, 0.05) is 29.6 Å². The summed E-state index contributed by atoms with van der Waals surface area (Å²) in [4.78, 5) is 21.2. The summed E-state index contributed by atoms with van der Waals surface area (Å²) in [6.07, 6.45) is 1.09. The largest absolute Gasteiger partial charge is 0.491 e. The predicted octanol–water partition coefficient (Wildman–Crippen LogP) is 6.14. The van der Waals surface area contributed by atoms with Gasteiger partial charge in [-0.05, 0) is 47.9 Å². The second kappa shape index (κ2) is 11.3. The van der Waals surface area contributed by atoms with Crippen molar-refractivity contribution in [2.45, 2.75) is 34.6 Å². The normalized spacial score (nSPS) is 11.6. The molecular weight excluding hydrogens is 461 g/mol. The molecule has 0 unspecified atom stereocenters. The highest BCUT2D eigenvalue weighted by atomic mass is 19.1. The van der Waals surface area contributed by atoms with Crippen molar-refractivity contribution in [2.24, 2.45) is 10.8 Å². The number of amides is 1. The van der Waals surface area contributed by atoms with Crippen LogP contribution in [0.3, 0.4) is 0 Å². The minimum atomic E-state index is -0.606. The first-order valence-corrected chi connectivity index (χ1v) is 11.7. The quantitative estimate of drug-likeness (QED) is 0.291. The van der Waals surface area contributed by atoms with E-state index < -0.39 is 11.2 Å². The third-order valence-electron chi connectivity index (χ3n) is 6.24. The first kappa shape index (κ1) is 26.9. The van der Waals surface area contributed by atoms with Gasteiger partial charge in [0.05, 0.1) is 12.8 Å². The Bertz CT molecular complexity index is 1180. The molecule has 0 saturated heterocycles. The van der Waals surface area contributed by atoms with Crippen LogP contribution >= 0.6 is 0 Å². The van der Waals surface area contributed by atoms with Crippen molar-refractivity contribution in [1.29, 1.82) is 0 Å². The SMILES string of the molecule is COCCOc1ccc(Nc2ncc(F)c(Nc3cccc(NC(=O)C(C)(C)C(C)(C)C)c3)n2)cc1. The van der Waals surface area contributed by atoms with E-state index in [0.717, 1.165) is 11.9 Å². The van der Waals surface area contributed by atoms with E-state index >= 15 is 0 Å². The molecule has 0 spiro atoms. The number of hydrogen-bond donors (Lipinski definition) is 3. The zero-order valence-corrected chi connectivity index (χ0v) is 21.6. The predicted molar refractivity (Wildman–Crippen MR) is 141 cm³/mol. The van der Waals surface area contributed by atoms with Gasteiger partial charge in [-0.2, -0.15) is 4.98 Å². The van der Waals surface area contributed by atoms with Crippen LogP contribution < -0.4 is 20.7 Å². The van der Waals surface area contributed by atoms with Gasteiger partial charge in [-0.1, -0.05) is 40.7 Å². The standard InChI is InChI=1S/C27H34FN5O3/c1-26(2,3)27(4,5)24(34)31-20-9-7-8-19(16-20)30-23-22(28)17-29-25(33-23)32-18-10-12-21(13-11-18)36-15-14-35-6/h7-13,16-17H,14-15H2,1-6H3,(H,31,34)(H2,29,30,32,33). The lowest BCUT2D eigenvalue weighted by Gasteiger charge is -2.37. The number of nitrogens with one attached hydrogen (secondary N) is 3. The molecule has 36 heavy (non-hydrogen) atoms. The van der Waals surface area contributed by atoms with E-state index in [1.54, 1.807) is 43.5 Å². The molecule has 0 radical (unpaired) electrons. The molecular formula is C27H34FN5O3. The van der Waals surface area contributed by atoms with Gasteiger partial charge in [-0.15, -0.1) is 0 Å². The molecule has 0 aliphatic rings. The Balaban J connectivity index is 1.69. The highest BCUT2D eigenvalue weighted by Gasteiger charge is 2.39. The summed E-state index contributed by atoms with van der Waals surface area (Å²) >= 11 is 0. The number of anilines is 5. The van der Waals surface area contributed by atoms with E-state index in [0.29, 0.717) is 30.3 Å². The molecule has 0 atom stereocenters. The second-order valence-electron chi connectivity index (χ2n) is 9.92. The van der Waals surface area contributed by atoms with E-state index in [-0.39, 0.29) is 23.1 Å². The van der Waals surface area contributed by atoms with Crippen LogP contribution in [0.15, 0.2) is 54.7 Å². The number of halogens is 1. The second-order valence-corrected chi connectivity index (χ2v) is 9.92. The maximum absolute atomic E-state index is 14.5. The lowest BCUT2D eigenvalue weighted by molar-refractivity contribution is -0.129. The molecule has 0 aliphatic carbocycles. The fraction of sp³-hybridized carbons (Fsp3) is 0.370. The van der Waals surface area contributed by atoms with Crippen LogP contribution in [0.2, 0.25) is 0 Å². The fourth-order valence-electron chi connectivity index (χ4n) is 2.96. The van der Waals surface area contributed by atoms with Crippen molar-refractivity contribution < 1.29 is 18.7 Å². The number of aromatic nitrogens is 2. The van der Waals surface area contributed by atoms with E-state index in [1.807, 2.05) is 46.8 Å². The van der Waals surface area contributed by atoms with E-state index in [2.05, 4.69) is 25.9 Å². The van der Waals surface area contributed by atoms with E-state index in [4.69, 9.17) is 9.47 Å². The summed E-state index contributed by atoms with van der Waals surface area (Å²) in [7, 11) is 1.62. The van der Waals surface area contributed by atoms with Gasteiger partial charge in [0.25, 0.3) is 0 Å². The number of hydrogen-bond acceptors (Lipinski definition) is 7. The molecule has 1 aromatic heterocycles. The summed E-state index contributed by atoms with van der Waals surface area (Å²) in [6.45, 7) is 10.9. The average Bonchev–Trinajstić information content (AvgIpc) is 2.82. The highest BCUT2D eigenvalue weighted by molar-refractivity contribution is 5.95. The summed E-state index contributed by atoms with van der Waals surface area (Å²) in [5, 5.41) is 8.98. The average molecular weight is 496 g/mol. The molecule has 8 nitrogen and oxygen atoms in total. The molecule has 0 aliphatic heterocycles. The topological polar surface area (TPSA) is 97.4 Å². The molecule has 1 heterocycles. The number of nitrogens with zero attached hydrogens (tertiary/aromatic N) is 2. The van der Waals surface area contributed by atoms with Crippen molar-refractivity contribution in [1.82, 2.24) is 9.97 Å². The first-order valence-electron chi connectivity index (χ1n) is 11.7. The molecule has 0 saturated carbocycles. The number of methoxy groups -OCH3 is 1. The molecule has 0 bridgehead atoms. The van der Waals surface area contributed by atoms with E-state index in [1.165, 1.54) is 0 Å². The van der Waals surface area contributed by atoms with Crippen molar-refractivity contribution in [2.75, 3.05) is 36.3 Å². The van der Waals surface area contributed by atoms with Crippen LogP contribution in [-0.2, 0) is 9.53 Å². The summed E-state index contributed by atoms with van der Waals surface area (Å²) in [5.74, 6) is 0.236. The molecule has 9 heteroatoms. The van der Waals surface area contributed by atoms with Crippen LogP contribution in [-0.4, -0.2) is 36.2 Å². The number of carbonyl (C=O) groups excluding carboxylic acids is 1. The fourth-order valence-corrected chi connectivity index (χ4v) is 2.96. The monoisotopic (exact) mass is 495 g/mol. The zero-order chi connectivity index (χ0) is 26.3. The number of ether oxygens (including phenoxy) is 2. The van der Waals surface area contributed by atoms with Crippen LogP contribution in [0.1, 0.15) is 34.6 Å². The number of benzene rings is 2. The summed E-state index contributed by atoms with van der Waals surface area (Å²) in [5.41, 5.74) is 1.07. The van der Waals surface area contributed by atoms with Gasteiger partial charge >= 0.3 is 0 Å². The van der Waals surface area contributed by atoms with Crippen molar-refractivity contribution >= 4 is 34.7 Å². The van der Waals surface area contributed by atoms with Crippen molar-refractivity contribution in [3.63, 3.8) is 0 Å². The molecule has 2 aromatic carbocycles. The lowest BCUT2D eigenvalue weighted by atomic mass is 9.68. The molecule has 1 amide bonds. The van der Waals surface area contributed by atoms with Gasteiger partial charge in [-0.25, -0.2) is 9.37 Å². The zero-order valence-electron chi connectivity index (χ0n) is 21.6. The summed E-state index contributed by atoms with van der Waals surface area (Å²) < 4.78 is 25.0. The van der Waals surface area contributed by atoms with E-state index in [9.17, 15) is 9.18 Å². The van der Waals surface area contributed by atoms with Gasteiger partial charge in [0.2, 0.25) is 11.9 Å². The van der Waals surface area contributed by atoms with Crippen molar-refractivity contribution in [3.8, 4) is 5.75 Å². The minimum absolute atomic E-state index is 0.00511. The maximum Gasteiger partial charge on any atom is 0.230 e. The first-order chi connectivity index (χ1) is 17.0. The Hall–Kier alpha value is -3.72. The van der Waals surface area contributed by atoms with Gasteiger partial charge in [0.15, 0.2) is 11.6 Å². The Morgan fingerprint density at radius 3 is 2.31 bits per heavy atom. The molecule has 3 aromatic rings. The van der Waals surface area contributed by atoms with Crippen LogP contribution in [0.4, 0.5) is 33.2 Å². The van der Waals surface area contributed by atoms with Crippen LogP contribution in [0.5, 0.6) is 5.75 Å². The Morgan fingerprint density at radius 2 is 1.64 bits per heavy atom. The third kappa shape index (κ3) is 6.91. The molecule has 0 fully saturated rings. The molecule has 192 valence electrons. The van der Waals surface area contributed by atoms with Crippen LogP contribution in [0, 0.1) is 16.6 Å². The summed E-state index contributed by atoms with van der Waals surface area (Å²) in [6, 6.07) is 14.3. The highest BCUT2D eigenvalue weighted by Crippen LogP contribution is 2.39. The number of carbonyl (C=O) groups is 1. The van der Waals surface area contributed by atoms with Gasteiger partial charge < -0.3 is 25.4 Å². The number of rotatable bonds is 10.